The van der Waals surface area contributed by atoms with Gasteiger partial charge in [0.2, 0.25) is 5.88 Å². The molecule has 2 atom stereocenters. The van der Waals surface area contributed by atoms with Gasteiger partial charge in [0, 0.05) is 26.0 Å². The van der Waals surface area contributed by atoms with Crippen LogP contribution in [-0.4, -0.2) is 35.4 Å². The zero-order valence-electron chi connectivity index (χ0n) is 11.6. The predicted molar refractivity (Wildman–Crippen MR) is 70.8 cm³/mol. The van der Waals surface area contributed by atoms with Gasteiger partial charge in [0.1, 0.15) is 18.5 Å². The summed E-state index contributed by atoms with van der Waals surface area (Å²) >= 11 is 0. The normalized spacial score (nSPS) is 27.2. The summed E-state index contributed by atoms with van der Waals surface area (Å²) in [6.45, 7) is 4.43. The highest BCUT2D eigenvalue weighted by Crippen LogP contribution is 2.24. The van der Waals surface area contributed by atoms with E-state index in [1.807, 2.05) is 0 Å². The van der Waals surface area contributed by atoms with Crippen LogP contribution in [0.15, 0.2) is 6.07 Å². The van der Waals surface area contributed by atoms with Crippen molar-refractivity contribution in [3.63, 3.8) is 0 Å². The van der Waals surface area contributed by atoms with Gasteiger partial charge in [0.15, 0.2) is 5.82 Å². The fourth-order valence-electron chi connectivity index (χ4n) is 2.36. The number of nitrogens with zero attached hydrogens (tertiary/aromatic N) is 2. The topological polar surface area (TPSA) is 79.5 Å². The Morgan fingerprint density at radius 1 is 1.32 bits per heavy atom. The molecule has 0 aromatic carbocycles. The van der Waals surface area contributed by atoms with Crippen LogP contribution in [-0.2, 0) is 16.1 Å². The minimum Gasteiger partial charge on any atom is -0.474 e. The van der Waals surface area contributed by atoms with Crippen LogP contribution in [0.25, 0.3) is 0 Å². The number of ether oxygens (including phenoxy) is 3. The highest BCUT2D eigenvalue weighted by Gasteiger charge is 2.26. The third kappa shape index (κ3) is 4.04. The van der Waals surface area contributed by atoms with E-state index in [9.17, 15) is 0 Å². The van der Waals surface area contributed by atoms with Crippen LogP contribution in [0.1, 0.15) is 32.5 Å². The monoisotopic (exact) mass is 267 g/mol. The van der Waals surface area contributed by atoms with Crippen LogP contribution >= 0.6 is 0 Å². The molecule has 0 saturated carbocycles. The number of methoxy groups -OCH3 is 1. The summed E-state index contributed by atoms with van der Waals surface area (Å²) in [6, 6.07) is 1.64. The Morgan fingerprint density at radius 3 is 2.63 bits per heavy atom. The molecule has 2 heterocycles. The second kappa shape index (κ2) is 6.16. The standard InChI is InChI=1S/C13H21N3O3/c1-8-4-10(5-9(2)18-8)19-13-6-11(14)15-12(16-13)7-17-3/h6,8-10H,4-5,7H2,1-3H3,(H2,14,15,16). The lowest BCUT2D eigenvalue weighted by Crippen LogP contribution is -2.35. The maximum atomic E-state index is 5.90. The summed E-state index contributed by atoms with van der Waals surface area (Å²) in [5.74, 6) is 1.43. The van der Waals surface area contributed by atoms with Gasteiger partial charge in [0.05, 0.1) is 12.2 Å². The van der Waals surface area contributed by atoms with Crippen molar-refractivity contribution in [3.8, 4) is 5.88 Å². The van der Waals surface area contributed by atoms with E-state index in [0.717, 1.165) is 12.8 Å². The molecule has 1 aromatic rings. The van der Waals surface area contributed by atoms with Crippen LogP contribution in [0.3, 0.4) is 0 Å². The number of nitrogen functional groups attached to an aromatic ring is 1. The van der Waals surface area contributed by atoms with Gasteiger partial charge in [-0.15, -0.1) is 0 Å². The molecule has 19 heavy (non-hydrogen) atoms. The van der Waals surface area contributed by atoms with E-state index in [2.05, 4.69) is 23.8 Å². The Morgan fingerprint density at radius 2 is 2.00 bits per heavy atom. The van der Waals surface area contributed by atoms with Crippen molar-refractivity contribution < 1.29 is 14.2 Å². The first-order chi connectivity index (χ1) is 9.06. The molecule has 6 heteroatoms. The minimum absolute atomic E-state index is 0.100. The van der Waals surface area contributed by atoms with E-state index in [-0.39, 0.29) is 18.3 Å². The largest absolute Gasteiger partial charge is 0.474 e. The van der Waals surface area contributed by atoms with Crippen molar-refractivity contribution >= 4 is 5.82 Å². The van der Waals surface area contributed by atoms with E-state index >= 15 is 0 Å². The van der Waals surface area contributed by atoms with Gasteiger partial charge in [-0.1, -0.05) is 0 Å². The minimum atomic E-state index is 0.100. The SMILES string of the molecule is COCc1nc(N)cc(OC2CC(C)OC(C)C2)n1. The molecule has 2 rings (SSSR count). The second-order valence-corrected chi connectivity index (χ2v) is 4.95. The fourth-order valence-corrected chi connectivity index (χ4v) is 2.36. The van der Waals surface area contributed by atoms with Crippen molar-refractivity contribution in [2.45, 2.75) is 51.6 Å². The molecule has 106 valence electrons. The molecule has 0 radical (unpaired) electrons. The molecule has 1 fully saturated rings. The van der Waals surface area contributed by atoms with Crippen LogP contribution < -0.4 is 10.5 Å². The molecule has 2 N–H and O–H groups in total. The molecular formula is C13H21N3O3. The fraction of sp³-hybridized carbons (Fsp3) is 0.692. The van der Waals surface area contributed by atoms with Crippen molar-refractivity contribution in [1.29, 1.82) is 0 Å². The van der Waals surface area contributed by atoms with Crippen molar-refractivity contribution in [1.82, 2.24) is 9.97 Å². The summed E-state index contributed by atoms with van der Waals surface area (Å²) in [6.07, 6.45) is 2.21. The summed E-state index contributed by atoms with van der Waals surface area (Å²) in [7, 11) is 1.59. The van der Waals surface area contributed by atoms with Gasteiger partial charge < -0.3 is 19.9 Å². The molecule has 1 aromatic heterocycles. The average molecular weight is 267 g/mol. The number of rotatable bonds is 4. The zero-order valence-corrected chi connectivity index (χ0v) is 11.6. The van der Waals surface area contributed by atoms with Gasteiger partial charge in [-0.05, 0) is 13.8 Å². The van der Waals surface area contributed by atoms with Gasteiger partial charge in [-0.3, -0.25) is 0 Å². The van der Waals surface area contributed by atoms with Crippen LogP contribution in [0, 0.1) is 0 Å². The number of hydrogen-bond donors (Lipinski definition) is 1. The van der Waals surface area contributed by atoms with Gasteiger partial charge in [-0.25, -0.2) is 4.98 Å². The molecule has 6 nitrogen and oxygen atoms in total. The third-order valence-corrected chi connectivity index (χ3v) is 2.98. The molecule has 2 unspecified atom stereocenters. The Labute approximate surface area is 113 Å². The zero-order chi connectivity index (χ0) is 13.8. The number of hydrogen-bond acceptors (Lipinski definition) is 6. The Kier molecular flexibility index (Phi) is 4.55. The molecule has 1 aliphatic rings. The van der Waals surface area contributed by atoms with Crippen LogP contribution in [0.2, 0.25) is 0 Å². The first-order valence-corrected chi connectivity index (χ1v) is 6.51. The summed E-state index contributed by atoms with van der Waals surface area (Å²) < 4.78 is 16.6. The van der Waals surface area contributed by atoms with Crippen molar-refractivity contribution in [2.75, 3.05) is 12.8 Å². The second-order valence-electron chi connectivity index (χ2n) is 4.95. The maximum absolute atomic E-state index is 5.90. The lowest BCUT2D eigenvalue weighted by atomic mass is 10.0. The molecule has 0 spiro atoms. The summed E-state index contributed by atoms with van der Waals surface area (Å²) in [5.41, 5.74) is 5.74. The highest BCUT2D eigenvalue weighted by atomic mass is 16.5. The molecule has 0 aliphatic carbocycles. The number of aromatic nitrogens is 2. The molecular weight excluding hydrogens is 246 g/mol. The van der Waals surface area contributed by atoms with E-state index in [4.69, 9.17) is 19.9 Å². The molecule has 0 bridgehead atoms. The van der Waals surface area contributed by atoms with Crippen LogP contribution in [0.4, 0.5) is 5.82 Å². The van der Waals surface area contributed by atoms with Gasteiger partial charge in [-0.2, -0.15) is 4.98 Å². The van der Waals surface area contributed by atoms with Crippen molar-refractivity contribution in [2.24, 2.45) is 0 Å². The first kappa shape index (κ1) is 14.0. The van der Waals surface area contributed by atoms with E-state index in [1.165, 1.54) is 0 Å². The number of anilines is 1. The Balaban J connectivity index is 2.05. The van der Waals surface area contributed by atoms with Crippen molar-refractivity contribution in [3.05, 3.63) is 11.9 Å². The highest BCUT2D eigenvalue weighted by molar-refractivity contribution is 5.32. The summed E-state index contributed by atoms with van der Waals surface area (Å²) in [4.78, 5) is 8.37. The smallest absolute Gasteiger partial charge is 0.219 e. The Hall–Kier alpha value is -1.40. The quantitative estimate of drug-likeness (QED) is 0.891. The van der Waals surface area contributed by atoms with Gasteiger partial charge in [0.25, 0.3) is 0 Å². The molecule has 0 amide bonds. The lowest BCUT2D eigenvalue weighted by Gasteiger charge is -2.31. The van der Waals surface area contributed by atoms with E-state index in [1.54, 1.807) is 13.2 Å². The van der Waals surface area contributed by atoms with Crippen LogP contribution in [0.5, 0.6) is 5.88 Å². The average Bonchev–Trinajstić information content (AvgIpc) is 2.26. The summed E-state index contributed by atoms with van der Waals surface area (Å²) in [5, 5.41) is 0. The Bertz CT molecular complexity index is 418. The molecule has 1 aliphatic heterocycles. The molecule has 1 saturated heterocycles. The van der Waals surface area contributed by atoms with Gasteiger partial charge >= 0.3 is 0 Å². The van der Waals surface area contributed by atoms with E-state index < -0.39 is 0 Å². The number of nitrogens with two attached hydrogens (primary N) is 1. The predicted octanol–water partition coefficient (Wildman–Crippen LogP) is 1.54. The first-order valence-electron chi connectivity index (χ1n) is 6.51. The lowest BCUT2D eigenvalue weighted by molar-refractivity contribution is -0.0730. The maximum Gasteiger partial charge on any atom is 0.219 e. The van der Waals surface area contributed by atoms with E-state index in [0.29, 0.717) is 24.1 Å². The third-order valence-electron chi connectivity index (χ3n) is 2.98.